The number of fused-ring (bicyclic) bond motifs is 8. The number of hydrogen-bond donors (Lipinski definition) is 0. The number of rotatable bonds is 2. The van der Waals surface area contributed by atoms with E-state index in [2.05, 4.69) is 132 Å². The van der Waals surface area contributed by atoms with Crippen molar-refractivity contribution in [1.29, 1.82) is 0 Å². The van der Waals surface area contributed by atoms with Crippen molar-refractivity contribution in [1.82, 2.24) is 4.57 Å². The van der Waals surface area contributed by atoms with Crippen LogP contribution in [0.5, 0.6) is 0 Å². The predicted octanol–water partition coefficient (Wildman–Crippen LogP) is 9.97. The molecular weight excluding hydrogens is 454 g/mol. The second-order valence-electron chi connectivity index (χ2n) is 9.36. The van der Waals surface area contributed by atoms with Gasteiger partial charge in [-0.25, -0.2) is 0 Å². The van der Waals surface area contributed by atoms with Gasteiger partial charge in [0.15, 0.2) is 0 Å². The third-order valence-corrected chi connectivity index (χ3v) is 8.54. The second kappa shape index (κ2) is 7.55. The smallest absolute Gasteiger partial charge is 0.0547 e. The van der Waals surface area contributed by atoms with E-state index in [1.54, 1.807) is 0 Å². The normalized spacial score (nSPS) is 11.9. The van der Waals surface area contributed by atoms with Gasteiger partial charge in [0.1, 0.15) is 0 Å². The Hall–Kier alpha value is -4.40. The van der Waals surface area contributed by atoms with E-state index in [9.17, 15) is 0 Å². The van der Waals surface area contributed by atoms with Gasteiger partial charge in [-0.15, -0.1) is 11.3 Å². The van der Waals surface area contributed by atoms with Crippen LogP contribution in [0.4, 0.5) is 0 Å². The molecule has 2 aromatic heterocycles. The summed E-state index contributed by atoms with van der Waals surface area (Å²) in [5, 5.41) is 7.89. The summed E-state index contributed by atoms with van der Waals surface area (Å²) in [4.78, 5) is 0. The summed E-state index contributed by atoms with van der Waals surface area (Å²) >= 11 is 1.87. The lowest BCUT2D eigenvalue weighted by molar-refractivity contribution is 1.18. The molecule has 0 radical (unpaired) electrons. The molecule has 0 atom stereocenters. The van der Waals surface area contributed by atoms with Crippen molar-refractivity contribution in [3.63, 3.8) is 0 Å². The molecule has 0 fully saturated rings. The molecule has 0 saturated heterocycles. The number of para-hydroxylation sites is 1. The van der Waals surface area contributed by atoms with Crippen LogP contribution in [-0.2, 0) is 0 Å². The fraction of sp³-hybridized carbons (Fsp3) is 0. The van der Waals surface area contributed by atoms with Gasteiger partial charge >= 0.3 is 0 Å². The van der Waals surface area contributed by atoms with Gasteiger partial charge in [0.2, 0.25) is 0 Å². The van der Waals surface area contributed by atoms with E-state index in [0.717, 1.165) is 0 Å². The molecule has 0 bridgehead atoms. The second-order valence-corrected chi connectivity index (χ2v) is 10.4. The summed E-state index contributed by atoms with van der Waals surface area (Å²) in [5.74, 6) is 0. The highest BCUT2D eigenvalue weighted by Crippen LogP contribution is 2.41. The van der Waals surface area contributed by atoms with E-state index < -0.39 is 0 Å². The van der Waals surface area contributed by atoms with Crippen molar-refractivity contribution >= 4 is 64.1 Å². The Morgan fingerprint density at radius 2 is 1.17 bits per heavy atom. The van der Waals surface area contributed by atoms with Crippen LogP contribution in [0, 0.1) is 0 Å². The van der Waals surface area contributed by atoms with E-state index in [1.165, 1.54) is 69.6 Å². The molecule has 0 aliphatic carbocycles. The molecule has 0 N–H and O–H groups in total. The first kappa shape index (κ1) is 19.9. The minimum absolute atomic E-state index is 1.18. The molecule has 6 aromatic carbocycles. The van der Waals surface area contributed by atoms with Crippen molar-refractivity contribution in [2.24, 2.45) is 0 Å². The zero-order chi connectivity index (χ0) is 23.6. The molecule has 8 rings (SSSR count). The highest BCUT2D eigenvalue weighted by molar-refractivity contribution is 7.25. The summed E-state index contributed by atoms with van der Waals surface area (Å²) in [6, 6.07) is 46.4. The highest BCUT2D eigenvalue weighted by atomic mass is 32.1. The molecular formula is C34H21NS. The van der Waals surface area contributed by atoms with Gasteiger partial charge < -0.3 is 4.57 Å². The maximum Gasteiger partial charge on any atom is 0.0547 e. The zero-order valence-electron chi connectivity index (χ0n) is 19.5. The molecule has 36 heavy (non-hydrogen) atoms. The first-order valence-electron chi connectivity index (χ1n) is 12.3. The quantitative estimate of drug-likeness (QED) is 0.234. The molecule has 2 heterocycles. The summed E-state index contributed by atoms with van der Waals surface area (Å²) in [7, 11) is 0. The standard InChI is InChI=1S/C34H21NS/c1-2-9-25-22(8-1)18-21-30-33(25)27-10-3-5-13-29(27)35(30)24-19-16-23(17-20-24)26-12-7-15-32-34(26)28-11-4-6-14-31(28)36-32/h1-21H. The van der Waals surface area contributed by atoms with Crippen LogP contribution < -0.4 is 0 Å². The molecule has 0 saturated carbocycles. The lowest BCUT2D eigenvalue weighted by Gasteiger charge is -2.10. The predicted molar refractivity (Wildman–Crippen MR) is 157 cm³/mol. The summed E-state index contributed by atoms with van der Waals surface area (Å²) in [6.45, 7) is 0. The summed E-state index contributed by atoms with van der Waals surface area (Å²) < 4.78 is 5.09. The Morgan fingerprint density at radius 3 is 2.06 bits per heavy atom. The lowest BCUT2D eigenvalue weighted by atomic mass is 9.99. The summed E-state index contributed by atoms with van der Waals surface area (Å²) in [5.41, 5.74) is 6.21. The molecule has 0 aliphatic heterocycles. The van der Waals surface area contributed by atoms with Gasteiger partial charge in [0, 0.05) is 36.6 Å². The Labute approximate surface area is 212 Å². The first-order valence-corrected chi connectivity index (χ1v) is 13.1. The van der Waals surface area contributed by atoms with Crippen LogP contribution in [0.1, 0.15) is 0 Å². The maximum atomic E-state index is 2.40. The average molecular weight is 476 g/mol. The van der Waals surface area contributed by atoms with E-state index in [0.29, 0.717) is 0 Å². The van der Waals surface area contributed by atoms with Gasteiger partial charge in [-0.3, -0.25) is 0 Å². The van der Waals surface area contributed by atoms with Crippen molar-refractivity contribution in [3.05, 3.63) is 127 Å². The molecule has 1 nitrogen and oxygen atoms in total. The fourth-order valence-corrected chi connectivity index (χ4v) is 6.95. The zero-order valence-corrected chi connectivity index (χ0v) is 20.3. The van der Waals surface area contributed by atoms with E-state index >= 15 is 0 Å². The van der Waals surface area contributed by atoms with Gasteiger partial charge in [-0.1, -0.05) is 91.0 Å². The van der Waals surface area contributed by atoms with Crippen molar-refractivity contribution < 1.29 is 0 Å². The van der Waals surface area contributed by atoms with Crippen LogP contribution in [0.25, 0.3) is 69.6 Å². The van der Waals surface area contributed by atoms with Crippen LogP contribution in [-0.4, -0.2) is 4.57 Å². The van der Waals surface area contributed by atoms with Gasteiger partial charge in [0.05, 0.1) is 11.0 Å². The maximum absolute atomic E-state index is 2.40. The van der Waals surface area contributed by atoms with Crippen LogP contribution in [0.15, 0.2) is 127 Å². The van der Waals surface area contributed by atoms with Crippen molar-refractivity contribution in [2.45, 2.75) is 0 Å². The van der Waals surface area contributed by atoms with Gasteiger partial charge in [-0.2, -0.15) is 0 Å². The largest absolute Gasteiger partial charge is 0.309 e. The third kappa shape index (κ3) is 2.76. The molecule has 0 amide bonds. The van der Waals surface area contributed by atoms with Gasteiger partial charge in [0.25, 0.3) is 0 Å². The number of benzene rings is 6. The number of thiophene rings is 1. The van der Waals surface area contributed by atoms with Crippen LogP contribution in [0.3, 0.4) is 0 Å². The van der Waals surface area contributed by atoms with Crippen LogP contribution >= 0.6 is 11.3 Å². The average Bonchev–Trinajstić information content (AvgIpc) is 3.49. The molecule has 8 aromatic rings. The van der Waals surface area contributed by atoms with E-state index in [1.807, 2.05) is 11.3 Å². The molecule has 2 heteroatoms. The Morgan fingerprint density at radius 1 is 0.444 bits per heavy atom. The van der Waals surface area contributed by atoms with Crippen LogP contribution in [0.2, 0.25) is 0 Å². The minimum Gasteiger partial charge on any atom is -0.309 e. The topological polar surface area (TPSA) is 4.93 Å². The highest BCUT2D eigenvalue weighted by Gasteiger charge is 2.15. The number of hydrogen-bond acceptors (Lipinski definition) is 1. The minimum atomic E-state index is 1.18. The Balaban J connectivity index is 1.36. The number of nitrogens with zero attached hydrogens (tertiary/aromatic N) is 1. The number of aromatic nitrogens is 1. The lowest BCUT2D eigenvalue weighted by Crippen LogP contribution is -1.93. The fourth-order valence-electron chi connectivity index (χ4n) is 5.82. The SMILES string of the molecule is c1ccc2c(c1)ccc1c2c2ccccc2n1-c1ccc(-c2cccc3sc4ccccc4c23)cc1. The summed E-state index contributed by atoms with van der Waals surface area (Å²) in [6.07, 6.45) is 0. The first-order chi connectivity index (χ1) is 17.9. The van der Waals surface area contributed by atoms with Crippen molar-refractivity contribution in [3.8, 4) is 16.8 Å². The molecule has 0 unspecified atom stereocenters. The monoisotopic (exact) mass is 475 g/mol. The third-order valence-electron chi connectivity index (χ3n) is 7.40. The molecule has 168 valence electrons. The van der Waals surface area contributed by atoms with Crippen molar-refractivity contribution in [2.75, 3.05) is 0 Å². The molecule has 0 spiro atoms. The molecule has 0 aliphatic rings. The Kier molecular flexibility index (Phi) is 4.16. The Bertz CT molecular complexity index is 2090. The van der Waals surface area contributed by atoms with E-state index in [4.69, 9.17) is 0 Å². The van der Waals surface area contributed by atoms with E-state index in [-0.39, 0.29) is 0 Å². The van der Waals surface area contributed by atoms with Gasteiger partial charge in [-0.05, 0) is 58.3 Å².